The van der Waals surface area contributed by atoms with Crippen LogP contribution in [0.15, 0.2) is 0 Å². The third-order valence-electron chi connectivity index (χ3n) is 2.67. The van der Waals surface area contributed by atoms with Gasteiger partial charge in [-0.15, -0.1) is 13.2 Å². The summed E-state index contributed by atoms with van der Waals surface area (Å²) in [6.07, 6.45) is -2.32. The van der Waals surface area contributed by atoms with Gasteiger partial charge in [-0.2, -0.15) is 0 Å². The topological polar surface area (TPSA) is 9.23 Å². The molecule has 0 N–H and O–H groups in total. The molecule has 4 heteroatoms. The predicted octanol–water partition coefficient (Wildman–Crippen LogP) is 2.92. The molecule has 1 atom stereocenters. The van der Waals surface area contributed by atoms with Crippen LogP contribution >= 0.6 is 0 Å². The molecule has 71 valence electrons. The van der Waals surface area contributed by atoms with E-state index in [4.69, 9.17) is 0 Å². The fourth-order valence-corrected chi connectivity index (χ4v) is 1.22. The minimum Gasteiger partial charge on any atom is -0.285 e. The van der Waals surface area contributed by atoms with Gasteiger partial charge in [-0.3, -0.25) is 4.74 Å². The Bertz CT molecular complexity index is 185. The maximum Gasteiger partial charge on any atom is 0.523 e. The molecule has 0 amide bonds. The Kier molecular flexibility index (Phi) is 1.95. The maximum absolute atomic E-state index is 11.9. The van der Waals surface area contributed by atoms with E-state index >= 15 is 0 Å². The molecule has 1 unspecified atom stereocenters. The van der Waals surface area contributed by atoms with Crippen molar-refractivity contribution in [3.63, 3.8) is 0 Å². The molecule has 0 aromatic carbocycles. The van der Waals surface area contributed by atoms with Crippen LogP contribution in [0.2, 0.25) is 0 Å². The zero-order chi connectivity index (χ0) is 9.62. The minimum atomic E-state index is -4.54. The third-order valence-corrected chi connectivity index (χ3v) is 2.67. The maximum atomic E-state index is 11.9. The Hall–Kier alpha value is -0.250. The van der Waals surface area contributed by atoms with E-state index in [1.54, 1.807) is 20.3 Å². The van der Waals surface area contributed by atoms with Gasteiger partial charge in [0, 0.05) is 0 Å². The van der Waals surface area contributed by atoms with Crippen LogP contribution < -0.4 is 0 Å². The first-order valence-electron chi connectivity index (χ1n) is 3.78. The summed E-state index contributed by atoms with van der Waals surface area (Å²) < 4.78 is 39.6. The van der Waals surface area contributed by atoms with Crippen LogP contribution in [0.1, 0.15) is 27.2 Å². The van der Waals surface area contributed by atoms with Crippen LogP contribution in [0.25, 0.3) is 0 Å². The second-order valence-corrected chi connectivity index (χ2v) is 3.95. The van der Waals surface area contributed by atoms with Crippen LogP contribution in [-0.4, -0.2) is 12.0 Å². The van der Waals surface area contributed by atoms with Crippen molar-refractivity contribution < 1.29 is 17.9 Å². The highest BCUT2D eigenvalue weighted by atomic mass is 19.4. The molecule has 1 nitrogen and oxygen atoms in total. The largest absolute Gasteiger partial charge is 0.523 e. The lowest BCUT2D eigenvalue weighted by Crippen LogP contribution is -2.56. The molecular weight excluding hydrogens is 169 g/mol. The average molecular weight is 181 g/mol. The number of hydrogen-bond acceptors (Lipinski definition) is 1. The standard InChI is InChI=1S/C8H12F3O/c1-6(2)4-5-7(6,3)12-8(9,10)11/h5H,4H2,1-3H3. The van der Waals surface area contributed by atoms with E-state index in [-0.39, 0.29) is 0 Å². The highest BCUT2D eigenvalue weighted by Crippen LogP contribution is 2.52. The Morgan fingerprint density at radius 2 is 1.75 bits per heavy atom. The summed E-state index contributed by atoms with van der Waals surface area (Å²) >= 11 is 0. The lowest BCUT2D eigenvalue weighted by Gasteiger charge is -2.53. The first-order chi connectivity index (χ1) is 5.16. The zero-order valence-electron chi connectivity index (χ0n) is 7.33. The highest BCUT2D eigenvalue weighted by molar-refractivity contribution is 5.14. The third kappa shape index (κ3) is 1.58. The van der Waals surface area contributed by atoms with E-state index in [9.17, 15) is 13.2 Å². The van der Waals surface area contributed by atoms with Gasteiger partial charge in [-0.1, -0.05) is 13.8 Å². The van der Waals surface area contributed by atoms with E-state index in [0.717, 1.165) is 0 Å². The lowest BCUT2D eigenvalue weighted by atomic mass is 9.60. The molecule has 1 aliphatic rings. The van der Waals surface area contributed by atoms with E-state index in [1.165, 1.54) is 6.92 Å². The van der Waals surface area contributed by atoms with Crippen molar-refractivity contribution in [2.24, 2.45) is 5.41 Å². The normalized spacial score (nSPS) is 34.5. The molecule has 1 radical (unpaired) electrons. The number of hydrogen-bond donors (Lipinski definition) is 0. The second-order valence-electron chi connectivity index (χ2n) is 3.95. The van der Waals surface area contributed by atoms with Crippen molar-refractivity contribution in [1.82, 2.24) is 0 Å². The van der Waals surface area contributed by atoms with E-state index in [2.05, 4.69) is 4.74 Å². The summed E-state index contributed by atoms with van der Waals surface area (Å²) in [5.41, 5.74) is -1.56. The van der Waals surface area contributed by atoms with Crippen LogP contribution in [0, 0.1) is 11.8 Å². The monoisotopic (exact) mass is 181 g/mol. The van der Waals surface area contributed by atoms with Crippen LogP contribution in [0.3, 0.4) is 0 Å². The Morgan fingerprint density at radius 1 is 1.25 bits per heavy atom. The van der Waals surface area contributed by atoms with Crippen molar-refractivity contribution in [1.29, 1.82) is 0 Å². The molecule has 1 aliphatic carbocycles. The smallest absolute Gasteiger partial charge is 0.285 e. The Balaban J connectivity index is 2.63. The summed E-state index contributed by atoms with van der Waals surface area (Å²) in [5.74, 6) is 0. The molecule has 1 fully saturated rings. The van der Waals surface area contributed by atoms with E-state index < -0.39 is 17.4 Å². The summed E-state index contributed by atoms with van der Waals surface area (Å²) in [6.45, 7) is 4.99. The molecule has 0 saturated heterocycles. The summed E-state index contributed by atoms with van der Waals surface area (Å²) in [7, 11) is 0. The number of rotatable bonds is 1. The lowest BCUT2D eigenvalue weighted by molar-refractivity contribution is -0.383. The van der Waals surface area contributed by atoms with E-state index in [0.29, 0.717) is 6.42 Å². The molecule has 1 saturated carbocycles. The van der Waals surface area contributed by atoms with Gasteiger partial charge in [0.1, 0.15) is 0 Å². The number of alkyl halides is 3. The first kappa shape index (κ1) is 9.84. The fourth-order valence-electron chi connectivity index (χ4n) is 1.22. The van der Waals surface area contributed by atoms with E-state index in [1.807, 2.05) is 0 Å². The van der Waals surface area contributed by atoms with Gasteiger partial charge >= 0.3 is 6.36 Å². The van der Waals surface area contributed by atoms with Crippen LogP contribution in [0.5, 0.6) is 0 Å². The molecule has 12 heavy (non-hydrogen) atoms. The quantitative estimate of drug-likeness (QED) is 0.604. The average Bonchev–Trinajstić information content (AvgIpc) is 1.82. The summed E-state index contributed by atoms with van der Waals surface area (Å²) in [5, 5.41) is 0. The van der Waals surface area contributed by atoms with Crippen molar-refractivity contribution >= 4 is 0 Å². The molecule has 0 aromatic rings. The van der Waals surface area contributed by atoms with Gasteiger partial charge in [0.05, 0.1) is 5.60 Å². The Labute approximate surface area is 69.9 Å². The predicted molar refractivity (Wildman–Crippen MR) is 38.2 cm³/mol. The van der Waals surface area contributed by atoms with Crippen molar-refractivity contribution in [2.75, 3.05) is 0 Å². The second kappa shape index (κ2) is 2.37. The van der Waals surface area contributed by atoms with Gasteiger partial charge in [0.15, 0.2) is 0 Å². The van der Waals surface area contributed by atoms with Gasteiger partial charge in [0.2, 0.25) is 0 Å². The number of ether oxygens (including phenoxy) is 1. The van der Waals surface area contributed by atoms with Crippen molar-refractivity contribution in [3.8, 4) is 0 Å². The molecule has 0 spiro atoms. The van der Waals surface area contributed by atoms with Crippen molar-refractivity contribution in [3.05, 3.63) is 6.42 Å². The minimum absolute atomic E-state index is 0.414. The SMILES string of the molecule is CC1(C)C[CH]C1(C)OC(F)(F)F. The van der Waals surface area contributed by atoms with Gasteiger partial charge in [0.25, 0.3) is 0 Å². The van der Waals surface area contributed by atoms with Gasteiger partial charge in [-0.05, 0) is 25.2 Å². The molecule has 1 rings (SSSR count). The van der Waals surface area contributed by atoms with Crippen molar-refractivity contribution in [2.45, 2.75) is 39.2 Å². The number of halogens is 3. The molecule has 0 aromatic heterocycles. The van der Waals surface area contributed by atoms with Crippen LogP contribution in [-0.2, 0) is 4.74 Å². The van der Waals surface area contributed by atoms with Gasteiger partial charge < -0.3 is 0 Å². The van der Waals surface area contributed by atoms with Crippen LogP contribution in [0.4, 0.5) is 13.2 Å². The highest BCUT2D eigenvalue weighted by Gasteiger charge is 2.56. The first-order valence-corrected chi connectivity index (χ1v) is 3.78. The zero-order valence-corrected chi connectivity index (χ0v) is 7.33. The molecule has 0 heterocycles. The van der Waals surface area contributed by atoms with Gasteiger partial charge in [-0.25, -0.2) is 0 Å². The molecule has 0 bridgehead atoms. The Morgan fingerprint density at radius 3 is 1.83 bits per heavy atom. The summed E-state index contributed by atoms with van der Waals surface area (Å²) in [6, 6.07) is 0. The molecular formula is C8H12F3O. The fraction of sp³-hybridized carbons (Fsp3) is 0.875. The molecule has 0 aliphatic heterocycles. The summed E-state index contributed by atoms with van der Waals surface area (Å²) in [4.78, 5) is 0.